The molecule has 1 N–H and O–H groups in total. The summed E-state index contributed by atoms with van der Waals surface area (Å²) in [7, 11) is 0. The summed E-state index contributed by atoms with van der Waals surface area (Å²) in [6.45, 7) is 3.60. The fraction of sp³-hybridized carbons (Fsp3) is 0.700. The van der Waals surface area contributed by atoms with Crippen molar-refractivity contribution in [3.8, 4) is 0 Å². The Kier molecular flexibility index (Phi) is 3.82. The average Bonchev–Trinajstić information content (AvgIpc) is 2.40. The van der Waals surface area contributed by atoms with Crippen LogP contribution in [0.5, 0.6) is 0 Å². The van der Waals surface area contributed by atoms with Gasteiger partial charge in [-0.3, -0.25) is 14.5 Å². The molecule has 3 amide bonds. The van der Waals surface area contributed by atoms with Crippen LogP contribution in [-0.2, 0) is 9.59 Å². The number of hydrogen-bond acceptors (Lipinski definition) is 3. The molecule has 1 aliphatic rings. The third-order valence-electron chi connectivity index (χ3n) is 2.37. The Morgan fingerprint density at radius 3 is 2.67 bits per heavy atom. The number of rotatable bonds is 5. The third-order valence-corrected chi connectivity index (χ3v) is 2.37. The molecule has 0 radical (unpaired) electrons. The van der Waals surface area contributed by atoms with E-state index < -0.39 is 6.04 Å². The second-order valence-corrected chi connectivity index (χ2v) is 3.73. The van der Waals surface area contributed by atoms with Gasteiger partial charge in [-0.15, -0.1) is 0 Å². The van der Waals surface area contributed by atoms with Gasteiger partial charge in [-0.25, -0.2) is 4.79 Å². The highest BCUT2D eigenvalue weighted by molar-refractivity contribution is 6.04. The van der Waals surface area contributed by atoms with Crippen molar-refractivity contribution in [2.24, 2.45) is 0 Å². The molecule has 1 aliphatic heterocycles. The van der Waals surface area contributed by atoms with Gasteiger partial charge in [0.25, 0.3) is 5.91 Å². The Morgan fingerprint density at radius 2 is 2.13 bits per heavy atom. The largest absolute Gasteiger partial charge is 0.326 e. The van der Waals surface area contributed by atoms with Crippen LogP contribution >= 0.6 is 0 Å². The average molecular weight is 212 g/mol. The summed E-state index contributed by atoms with van der Waals surface area (Å²) in [6.07, 6.45) is 1.73. The van der Waals surface area contributed by atoms with E-state index in [9.17, 15) is 14.4 Å². The monoisotopic (exact) mass is 212 g/mol. The second kappa shape index (κ2) is 4.91. The maximum absolute atomic E-state index is 11.6. The summed E-state index contributed by atoms with van der Waals surface area (Å²) < 4.78 is 0. The van der Waals surface area contributed by atoms with Gasteiger partial charge in [0.15, 0.2) is 0 Å². The minimum atomic E-state index is -0.394. The van der Waals surface area contributed by atoms with Crippen molar-refractivity contribution in [3.05, 3.63) is 0 Å². The van der Waals surface area contributed by atoms with E-state index in [1.165, 1.54) is 6.92 Å². The maximum Gasteiger partial charge on any atom is 0.324 e. The van der Waals surface area contributed by atoms with Gasteiger partial charge in [-0.1, -0.05) is 13.3 Å². The van der Waals surface area contributed by atoms with Crippen molar-refractivity contribution in [3.63, 3.8) is 0 Å². The molecule has 0 aliphatic carbocycles. The molecule has 0 aromatic heterocycles. The predicted octanol–water partition coefficient (Wildman–Crippen LogP) is 0.686. The molecule has 0 aromatic rings. The van der Waals surface area contributed by atoms with Crippen molar-refractivity contribution in [1.29, 1.82) is 0 Å². The molecule has 1 atom stereocenters. The van der Waals surface area contributed by atoms with Crippen molar-refractivity contribution in [2.45, 2.75) is 39.2 Å². The SMILES string of the molecule is CCCC1NC(=O)N(CCC(C)=O)C1=O. The predicted molar refractivity (Wildman–Crippen MR) is 54.2 cm³/mol. The lowest BCUT2D eigenvalue weighted by atomic mass is 10.1. The summed E-state index contributed by atoms with van der Waals surface area (Å²) in [5.74, 6) is -0.224. The minimum absolute atomic E-state index is 0.0189. The van der Waals surface area contributed by atoms with Crippen LogP contribution in [0.1, 0.15) is 33.1 Å². The molecule has 1 rings (SSSR count). The molecule has 0 spiro atoms. The summed E-state index contributed by atoms with van der Waals surface area (Å²) in [6, 6.07) is -0.769. The van der Waals surface area contributed by atoms with Gasteiger partial charge < -0.3 is 5.32 Å². The first-order chi connectivity index (χ1) is 7.06. The first kappa shape index (κ1) is 11.7. The quantitative estimate of drug-likeness (QED) is 0.682. The fourth-order valence-corrected chi connectivity index (χ4v) is 1.54. The molecule has 0 aromatic carbocycles. The Labute approximate surface area is 88.8 Å². The summed E-state index contributed by atoms with van der Waals surface area (Å²) in [5, 5.41) is 2.60. The Bertz CT molecular complexity index is 288. The van der Waals surface area contributed by atoms with Gasteiger partial charge in [0.05, 0.1) is 0 Å². The Hall–Kier alpha value is -1.39. The standard InChI is InChI=1S/C10H16N2O3/c1-3-4-8-9(14)12(10(15)11-8)6-5-7(2)13/h8H,3-6H2,1-2H3,(H,11,15). The molecule has 5 heteroatoms. The first-order valence-corrected chi connectivity index (χ1v) is 5.17. The molecule has 84 valence electrons. The lowest BCUT2D eigenvalue weighted by Crippen LogP contribution is -2.33. The molecular formula is C10H16N2O3. The molecule has 1 saturated heterocycles. The van der Waals surface area contributed by atoms with E-state index in [4.69, 9.17) is 0 Å². The van der Waals surface area contributed by atoms with Crippen molar-refractivity contribution >= 4 is 17.7 Å². The Morgan fingerprint density at radius 1 is 1.47 bits per heavy atom. The van der Waals surface area contributed by atoms with Crippen LogP contribution < -0.4 is 5.32 Å². The van der Waals surface area contributed by atoms with E-state index >= 15 is 0 Å². The first-order valence-electron chi connectivity index (χ1n) is 5.17. The maximum atomic E-state index is 11.6. The number of carbonyl (C=O) groups excluding carboxylic acids is 3. The van der Waals surface area contributed by atoms with Crippen LogP contribution in [0.4, 0.5) is 4.79 Å². The van der Waals surface area contributed by atoms with Crippen LogP contribution in [0.3, 0.4) is 0 Å². The highest BCUT2D eigenvalue weighted by atomic mass is 16.2. The number of nitrogens with one attached hydrogen (secondary N) is 1. The zero-order valence-corrected chi connectivity index (χ0v) is 9.08. The number of Topliss-reactive ketones (excluding diaryl/α,β-unsaturated/α-hetero) is 1. The molecule has 5 nitrogen and oxygen atoms in total. The number of hydrogen-bond donors (Lipinski definition) is 1. The van der Waals surface area contributed by atoms with Crippen LogP contribution in [0.25, 0.3) is 0 Å². The van der Waals surface area contributed by atoms with E-state index in [1.54, 1.807) is 0 Å². The van der Waals surface area contributed by atoms with Crippen molar-refractivity contribution < 1.29 is 14.4 Å². The van der Waals surface area contributed by atoms with Gasteiger partial charge in [0, 0.05) is 13.0 Å². The normalized spacial score (nSPS) is 20.7. The van der Waals surface area contributed by atoms with Crippen LogP contribution in [0.15, 0.2) is 0 Å². The van der Waals surface area contributed by atoms with Gasteiger partial charge in [0.2, 0.25) is 0 Å². The number of carbonyl (C=O) groups is 3. The molecule has 1 fully saturated rings. The van der Waals surface area contributed by atoms with Gasteiger partial charge >= 0.3 is 6.03 Å². The van der Waals surface area contributed by atoms with Crippen LogP contribution in [-0.4, -0.2) is 35.2 Å². The van der Waals surface area contributed by atoms with E-state index in [0.29, 0.717) is 6.42 Å². The molecule has 0 bridgehead atoms. The second-order valence-electron chi connectivity index (χ2n) is 3.73. The fourth-order valence-electron chi connectivity index (χ4n) is 1.54. The van der Waals surface area contributed by atoms with E-state index in [-0.39, 0.29) is 30.7 Å². The van der Waals surface area contributed by atoms with Crippen molar-refractivity contribution in [1.82, 2.24) is 10.2 Å². The number of urea groups is 1. The minimum Gasteiger partial charge on any atom is -0.326 e. The zero-order chi connectivity index (χ0) is 11.4. The summed E-state index contributed by atoms with van der Waals surface area (Å²) in [4.78, 5) is 34.9. The molecule has 1 heterocycles. The van der Waals surface area contributed by atoms with Gasteiger partial charge in [-0.05, 0) is 13.3 Å². The lowest BCUT2D eigenvalue weighted by molar-refractivity contribution is -0.127. The number of amides is 3. The highest BCUT2D eigenvalue weighted by Crippen LogP contribution is 2.11. The lowest BCUT2D eigenvalue weighted by Gasteiger charge is -2.11. The molecular weight excluding hydrogens is 196 g/mol. The topological polar surface area (TPSA) is 66.5 Å². The number of ketones is 1. The summed E-state index contributed by atoms with van der Waals surface area (Å²) >= 11 is 0. The van der Waals surface area contributed by atoms with Gasteiger partial charge in [-0.2, -0.15) is 0 Å². The van der Waals surface area contributed by atoms with E-state index in [2.05, 4.69) is 5.32 Å². The number of imide groups is 1. The number of nitrogens with zero attached hydrogens (tertiary/aromatic N) is 1. The highest BCUT2D eigenvalue weighted by Gasteiger charge is 2.36. The van der Waals surface area contributed by atoms with Crippen molar-refractivity contribution in [2.75, 3.05) is 6.54 Å². The van der Waals surface area contributed by atoms with Gasteiger partial charge in [0.1, 0.15) is 11.8 Å². The molecule has 1 unspecified atom stereocenters. The van der Waals surface area contributed by atoms with E-state index in [0.717, 1.165) is 11.3 Å². The summed E-state index contributed by atoms with van der Waals surface area (Å²) in [5.41, 5.74) is 0. The Balaban J connectivity index is 2.54. The molecule has 15 heavy (non-hydrogen) atoms. The van der Waals surface area contributed by atoms with Crippen LogP contribution in [0.2, 0.25) is 0 Å². The molecule has 0 saturated carbocycles. The van der Waals surface area contributed by atoms with E-state index in [1.807, 2.05) is 6.92 Å². The zero-order valence-electron chi connectivity index (χ0n) is 9.08. The smallest absolute Gasteiger partial charge is 0.324 e. The third kappa shape index (κ3) is 2.78. The van der Waals surface area contributed by atoms with Crippen LogP contribution in [0, 0.1) is 0 Å².